The molecule has 0 aliphatic rings. The van der Waals surface area contributed by atoms with Gasteiger partial charge in [-0.1, -0.05) is 0 Å². The van der Waals surface area contributed by atoms with Gasteiger partial charge >= 0.3 is 0 Å². The first-order valence-corrected chi connectivity index (χ1v) is 2.78. The van der Waals surface area contributed by atoms with Gasteiger partial charge in [-0.15, -0.1) is 0 Å². The summed E-state index contributed by atoms with van der Waals surface area (Å²) < 4.78 is 0. The largest absolute Gasteiger partial charge is 0.481 e. The van der Waals surface area contributed by atoms with Crippen LogP contribution in [0.5, 0.6) is 0 Å². The third-order valence-electron chi connectivity index (χ3n) is 0. The molecule has 0 rings (SSSR count). The van der Waals surface area contributed by atoms with Gasteiger partial charge in [-0.3, -0.25) is 14.4 Å². The average Bonchev–Trinajstić information content (AvgIpc) is 1.54. The van der Waals surface area contributed by atoms with Gasteiger partial charge in [0.25, 0.3) is 17.9 Å². The number of carboxylic acid groups (broad SMARTS) is 3. The molecule has 0 radical (unpaired) electrons. The summed E-state index contributed by atoms with van der Waals surface area (Å²) in [4.78, 5) is 27.0. The first kappa shape index (κ1) is 54.7. The van der Waals surface area contributed by atoms with Crippen LogP contribution in [0.3, 0.4) is 0 Å². The number of aliphatic carboxylic acids is 3. The van der Waals surface area contributed by atoms with Crippen LogP contribution >= 0.6 is 0 Å². The molecule has 0 fully saturated rings. The summed E-state index contributed by atoms with van der Waals surface area (Å²) in [5, 5.41) is 22.2. The molecule has 0 aliphatic carbocycles. The Morgan fingerprint density at radius 1 is 0.588 bits per heavy atom. The molecule has 0 spiro atoms. The second kappa shape index (κ2) is 45.0. The average molecular weight is 409 g/mol. The summed E-state index contributed by atoms with van der Waals surface area (Å²) in [5.41, 5.74) is 0. The van der Waals surface area contributed by atoms with Crippen molar-refractivity contribution in [2.24, 2.45) is 0 Å². The van der Waals surface area contributed by atoms with Crippen LogP contribution in [0.15, 0.2) is 0 Å². The van der Waals surface area contributed by atoms with Crippen molar-refractivity contribution in [2.75, 3.05) is 0 Å². The fraction of sp³-hybridized carbons (Fsp3) is 0.500. The SMILES string of the molecule is CC(=O)O.CC(=O)O.CC(=O)O.O.O.O.O.[Gd]. The van der Waals surface area contributed by atoms with Crippen LogP contribution in [-0.4, -0.2) is 55.1 Å². The van der Waals surface area contributed by atoms with Gasteiger partial charge in [-0.25, -0.2) is 0 Å². The maximum atomic E-state index is 9.00. The van der Waals surface area contributed by atoms with Crippen LogP contribution in [0.25, 0.3) is 0 Å². The zero-order chi connectivity index (χ0) is 10.7. The number of hydrogen-bond donors (Lipinski definition) is 3. The first-order chi connectivity index (χ1) is 5.20. The number of carbonyl (C=O) groups is 3. The zero-order valence-electron chi connectivity index (χ0n) is 9.42. The van der Waals surface area contributed by atoms with E-state index in [1.165, 1.54) is 0 Å². The van der Waals surface area contributed by atoms with E-state index in [9.17, 15) is 0 Å². The molecule has 10 nitrogen and oxygen atoms in total. The van der Waals surface area contributed by atoms with Crippen LogP contribution in [0.1, 0.15) is 20.8 Å². The minimum atomic E-state index is -0.833. The zero-order valence-corrected chi connectivity index (χ0v) is 11.7. The molecule has 17 heavy (non-hydrogen) atoms. The van der Waals surface area contributed by atoms with Crippen molar-refractivity contribution >= 4 is 17.9 Å². The Bertz CT molecular complexity index is 118. The number of rotatable bonds is 0. The molecule has 0 bridgehead atoms. The molecule has 0 aromatic heterocycles. The molecular formula is C6H20GdO10. The Morgan fingerprint density at radius 3 is 0.588 bits per heavy atom. The summed E-state index contributed by atoms with van der Waals surface area (Å²) in [6, 6.07) is 0. The fourth-order valence-corrected chi connectivity index (χ4v) is 0. The molecule has 11 N–H and O–H groups in total. The molecule has 0 aromatic carbocycles. The van der Waals surface area contributed by atoms with E-state index >= 15 is 0 Å². The van der Waals surface area contributed by atoms with Crippen molar-refractivity contribution in [1.82, 2.24) is 0 Å². The molecule has 0 saturated heterocycles. The van der Waals surface area contributed by atoms with Crippen molar-refractivity contribution in [3.63, 3.8) is 0 Å². The maximum Gasteiger partial charge on any atom is 0.300 e. The van der Waals surface area contributed by atoms with E-state index < -0.39 is 17.9 Å². The fourth-order valence-electron chi connectivity index (χ4n) is 0. The smallest absolute Gasteiger partial charge is 0.300 e. The van der Waals surface area contributed by atoms with Gasteiger partial charge in [-0.2, -0.15) is 0 Å². The molecule has 11 heteroatoms. The van der Waals surface area contributed by atoms with Crippen molar-refractivity contribution in [3.8, 4) is 0 Å². The molecule has 0 aliphatic heterocycles. The Morgan fingerprint density at radius 2 is 0.588 bits per heavy atom. The molecule has 0 amide bonds. The molecule has 112 valence electrons. The topological polar surface area (TPSA) is 238 Å². The van der Waals surface area contributed by atoms with Gasteiger partial charge in [0.2, 0.25) is 0 Å². The van der Waals surface area contributed by atoms with Gasteiger partial charge in [0.15, 0.2) is 0 Å². The van der Waals surface area contributed by atoms with E-state index in [0.29, 0.717) is 0 Å². The molecule has 0 unspecified atom stereocenters. The second-order valence-corrected chi connectivity index (χ2v) is 1.56. The van der Waals surface area contributed by atoms with Crippen molar-refractivity contribution in [1.29, 1.82) is 0 Å². The van der Waals surface area contributed by atoms with E-state index in [4.69, 9.17) is 29.7 Å². The molecule has 0 atom stereocenters. The third kappa shape index (κ3) is 15900. The molecule has 0 saturated carbocycles. The third-order valence-corrected chi connectivity index (χ3v) is 0. The van der Waals surface area contributed by atoms with E-state index in [2.05, 4.69) is 0 Å². The van der Waals surface area contributed by atoms with Crippen molar-refractivity contribution in [2.45, 2.75) is 20.8 Å². The number of carboxylic acids is 3. The van der Waals surface area contributed by atoms with Crippen LogP contribution in [-0.2, 0) is 14.4 Å². The van der Waals surface area contributed by atoms with E-state index in [-0.39, 0.29) is 61.8 Å². The van der Waals surface area contributed by atoms with E-state index in [1.54, 1.807) is 0 Å². The summed E-state index contributed by atoms with van der Waals surface area (Å²) in [7, 11) is 0. The van der Waals surface area contributed by atoms with Gasteiger partial charge in [-0.05, 0) is 0 Å². The number of hydrogen-bond acceptors (Lipinski definition) is 3. The monoisotopic (exact) mass is 410 g/mol. The minimum Gasteiger partial charge on any atom is -0.481 e. The normalized spacial score (nSPS) is 4.41. The summed E-state index contributed by atoms with van der Waals surface area (Å²) in [6.07, 6.45) is 0. The molecular weight excluding hydrogens is 389 g/mol. The predicted molar refractivity (Wildman–Crippen MR) is 54.4 cm³/mol. The van der Waals surface area contributed by atoms with Gasteiger partial charge in [0.05, 0.1) is 0 Å². The predicted octanol–water partition coefficient (Wildman–Crippen LogP) is -3.03. The Kier molecular flexibility index (Phi) is 145. The van der Waals surface area contributed by atoms with Crippen LogP contribution < -0.4 is 0 Å². The molecule has 0 heterocycles. The van der Waals surface area contributed by atoms with Gasteiger partial charge < -0.3 is 37.2 Å². The first-order valence-electron chi connectivity index (χ1n) is 2.78. The Balaban J connectivity index is -0.0000000104. The standard InChI is InChI=1S/3C2H4O2.Gd.4H2O/c3*1-2(3)4;;;;;/h3*1H3,(H,3,4);;4*1H2. The van der Waals surface area contributed by atoms with Crippen molar-refractivity contribution < 1.29 is 91.5 Å². The minimum absolute atomic E-state index is 0. The van der Waals surface area contributed by atoms with Crippen LogP contribution in [0.2, 0.25) is 0 Å². The Hall–Kier alpha value is -0.425. The van der Waals surface area contributed by atoms with E-state index in [1.807, 2.05) is 0 Å². The maximum absolute atomic E-state index is 9.00. The summed E-state index contributed by atoms with van der Waals surface area (Å²) >= 11 is 0. The quantitative estimate of drug-likeness (QED) is 0.375. The van der Waals surface area contributed by atoms with Crippen LogP contribution in [0.4, 0.5) is 0 Å². The van der Waals surface area contributed by atoms with Crippen molar-refractivity contribution in [3.05, 3.63) is 0 Å². The van der Waals surface area contributed by atoms with Crippen LogP contribution in [0, 0.1) is 39.9 Å². The van der Waals surface area contributed by atoms with Gasteiger partial charge in [0, 0.05) is 60.7 Å². The van der Waals surface area contributed by atoms with E-state index in [0.717, 1.165) is 20.8 Å². The second-order valence-electron chi connectivity index (χ2n) is 1.56. The molecule has 0 aromatic rings. The Labute approximate surface area is 130 Å². The summed E-state index contributed by atoms with van der Waals surface area (Å²) in [5.74, 6) is -2.50. The van der Waals surface area contributed by atoms with Gasteiger partial charge in [0.1, 0.15) is 0 Å². The summed E-state index contributed by atoms with van der Waals surface area (Å²) in [6.45, 7) is 3.25.